The van der Waals surface area contributed by atoms with Gasteiger partial charge in [-0.15, -0.1) is 0 Å². The lowest BCUT2D eigenvalue weighted by Gasteiger charge is -1.98. The molecule has 0 unspecified atom stereocenters. The van der Waals surface area contributed by atoms with Gasteiger partial charge < -0.3 is 9.15 Å². The van der Waals surface area contributed by atoms with Crippen LogP contribution in [-0.2, 0) is 14.9 Å². The number of oxazole rings is 1. The standard InChI is InChI=1S/C15H11NO6S/c1-21-15(17)11-3-2-4-12-13(11)16-14(22-12)9-5-7-10(8-6-9)23(18,19)20/h2-8H,1H3,(H,18,19,20). The number of esters is 1. The van der Waals surface area contributed by atoms with Gasteiger partial charge in [0.2, 0.25) is 5.89 Å². The summed E-state index contributed by atoms with van der Waals surface area (Å²) in [6, 6.07) is 10.2. The Hall–Kier alpha value is -2.71. The Kier molecular flexibility index (Phi) is 3.63. The van der Waals surface area contributed by atoms with Crippen molar-refractivity contribution in [3.8, 4) is 11.5 Å². The fraction of sp³-hybridized carbons (Fsp3) is 0.0667. The Balaban J connectivity index is 2.09. The third-order valence-corrected chi connectivity index (χ3v) is 4.09. The van der Waals surface area contributed by atoms with Crippen LogP contribution < -0.4 is 0 Å². The topological polar surface area (TPSA) is 107 Å². The van der Waals surface area contributed by atoms with Crippen LogP contribution in [0.3, 0.4) is 0 Å². The van der Waals surface area contributed by atoms with Gasteiger partial charge in [-0.05, 0) is 36.4 Å². The van der Waals surface area contributed by atoms with Gasteiger partial charge in [0.25, 0.3) is 10.1 Å². The van der Waals surface area contributed by atoms with Gasteiger partial charge in [0.05, 0.1) is 17.6 Å². The number of carbonyl (C=O) groups is 1. The molecule has 0 fully saturated rings. The van der Waals surface area contributed by atoms with E-state index in [1.54, 1.807) is 18.2 Å². The van der Waals surface area contributed by atoms with Gasteiger partial charge >= 0.3 is 5.97 Å². The highest BCUT2D eigenvalue weighted by Crippen LogP contribution is 2.27. The van der Waals surface area contributed by atoms with Gasteiger partial charge in [0, 0.05) is 5.56 Å². The lowest BCUT2D eigenvalue weighted by molar-refractivity contribution is 0.0602. The van der Waals surface area contributed by atoms with E-state index >= 15 is 0 Å². The summed E-state index contributed by atoms with van der Waals surface area (Å²) in [5, 5.41) is 0. The molecule has 0 saturated carbocycles. The molecular weight excluding hydrogens is 322 g/mol. The first-order valence-corrected chi connectivity index (χ1v) is 7.90. The van der Waals surface area contributed by atoms with Crippen molar-refractivity contribution in [3.05, 3.63) is 48.0 Å². The number of ether oxygens (including phenoxy) is 1. The first-order valence-electron chi connectivity index (χ1n) is 6.46. The summed E-state index contributed by atoms with van der Waals surface area (Å²) in [4.78, 5) is 15.8. The summed E-state index contributed by atoms with van der Waals surface area (Å²) in [5.74, 6) is -0.310. The first kappa shape index (κ1) is 15.2. The molecule has 0 radical (unpaired) electrons. The van der Waals surface area contributed by atoms with Crippen LogP contribution in [0.15, 0.2) is 51.8 Å². The van der Waals surface area contributed by atoms with Crippen LogP contribution in [0.25, 0.3) is 22.6 Å². The summed E-state index contributed by atoms with van der Waals surface area (Å²) >= 11 is 0. The molecule has 1 heterocycles. The lowest BCUT2D eigenvalue weighted by Crippen LogP contribution is -2.01. The zero-order valence-electron chi connectivity index (χ0n) is 11.9. The van der Waals surface area contributed by atoms with E-state index in [-0.39, 0.29) is 16.3 Å². The maximum Gasteiger partial charge on any atom is 0.340 e. The fourth-order valence-corrected chi connectivity index (χ4v) is 2.60. The van der Waals surface area contributed by atoms with Gasteiger partial charge in [-0.3, -0.25) is 4.55 Å². The lowest BCUT2D eigenvalue weighted by atomic mass is 10.2. The third kappa shape index (κ3) is 2.81. The Morgan fingerprint density at radius 3 is 2.48 bits per heavy atom. The Bertz CT molecular complexity index is 988. The van der Waals surface area contributed by atoms with Gasteiger partial charge in [0.1, 0.15) is 5.52 Å². The van der Waals surface area contributed by atoms with Gasteiger partial charge in [-0.25, -0.2) is 9.78 Å². The molecule has 8 heteroatoms. The number of rotatable bonds is 3. The molecule has 3 aromatic rings. The quantitative estimate of drug-likeness (QED) is 0.579. The predicted molar refractivity (Wildman–Crippen MR) is 80.6 cm³/mol. The molecule has 1 aromatic heterocycles. The summed E-state index contributed by atoms with van der Waals surface area (Å²) in [6.45, 7) is 0. The van der Waals surface area contributed by atoms with Crippen molar-refractivity contribution in [2.24, 2.45) is 0 Å². The van der Waals surface area contributed by atoms with Crippen LogP contribution in [0.2, 0.25) is 0 Å². The molecular formula is C15H11NO6S. The summed E-state index contributed by atoms with van der Waals surface area (Å²) in [6.07, 6.45) is 0. The number of methoxy groups -OCH3 is 1. The number of aromatic nitrogens is 1. The highest BCUT2D eigenvalue weighted by atomic mass is 32.2. The van der Waals surface area contributed by atoms with Crippen molar-refractivity contribution < 1.29 is 26.9 Å². The number of para-hydroxylation sites is 1. The van der Waals surface area contributed by atoms with E-state index in [9.17, 15) is 13.2 Å². The monoisotopic (exact) mass is 333 g/mol. The molecule has 0 atom stereocenters. The maximum atomic E-state index is 11.7. The molecule has 0 amide bonds. The molecule has 3 rings (SSSR count). The van der Waals surface area contributed by atoms with Crippen LogP contribution in [-0.4, -0.2) is 31.0 Å². The van der Waals surface area contributed by atoms with Gasteiger partial charge in [0.15, 0.2) is 5.58 Å². The predicted octanol–water partition coefficient (Wildman–Crippen LogP) is 2.53. The van der Waals surface area contributed by atoms with Crippen LogP contribution in [0, 0.1) is 0 Å². The second-order valence-electron chi connectivity index (χ2n) is 4.66. The van der Waals surface area contributed by atoms with Crippen molar-refractivity contribution in [2.45, 2.75) is 4.90 Å². The first-order chi connectivity index (χ1) is 10.9. The number of nitrogens with zero attached hydrogens (tertiary/aromatic N) is 1. The molecule has 0 bridgehead atoms. The van der Waals surface area contributed by atoms with Crippen LogP contribution in [0.4, 0.5) is 0 Å². The zero-order chi connectivity index (χ0) is 16.6. The molecule has 1 N–H and O–H groups in total. The van der Waals surface area contributed by atoms with Crippen molar-refractivity contribution in [3.63, 3.8) is 0 Å². The minimum atomic E-state index is -4.26. The number of hydrogen-bond acceptors (Lipinski definition) is 6. The third-order valence-electron chi connectivity index (χ3n) is 3.22. The number of benzene rings is 2. The van der Waals surface area contributed by atoms with Crippen molar-refractivity contribution in [1.29, 1.82) is 0 Å². The molecule has 0 spiro atoms. The van der Waals surface area contributed by atoms with E-state index in [1.165, 1.54) is 31.4 Å². The van der Waals surface area contributed by atoms with E-state index < -0.39 is 16.1 Å². The van der Waals surface area contributed by atoms with Gasteiger partial charge in [-0.2, -0.15) is 8.42 Å². The van der Waals surface area contributed by atoms with Crippen molar-refractivity contribution >= 4 is 27.2 Å². The molecule has 2 aromatic carbocycles. The average Bonchev–Trinajstić information content (AvgIpc) is 2.97. The largest absolute Gasteiger partial charge is 0.465 e. The average molecular weight is 333 g/mol. The molecule has 23 heavy (non-hydrogen) atoms. The van der Waals surface area contributed by atoms with Crippen molar-refractivity contribution in [1.82, 2.24) is 4.98 Å². The smallest absolute Gasteiger partial charge is 0.340 e. The Morgan fingerprint density at radius 2 is 1.87 bits per heavy atom. The van der Waals surface area contributed by atoms with Gasteiger partial charge in [-0.1, -0.05) is 6.07 Å². The van der Waals surface area contributed by atoms with Crippen LogP contribution >= 0.6 is 0 Å². The molecule has 0 saturated heterocycles. The van der Waals surface area contributed by atoms with E-state index in [0.717, 1.165) is 0 Å². The zero-order valence-corrected chi connectivity index (χ0v) is 12.7. The van der Waals surface area contributed by atoms with E-state index in [2.05, 4.69) is 4.98 Å². The van der Waals surface area contributed by atoms with Crippen LogP contribution in [0.5, 0.6) is 0 Å². The molecule has 118 valence electrons. The number of carbonyl (C=O) groups excluding carboxylic acids is 1. The Labute approximate surface area is 131 Å². The summed E-state index contributed by atoms with van der Waals surface area (Å²) in [5.41, 5.74) is 1.54. The summed E-state index contributed by atoms with van der Waals surface area (Å²) in [7, 11) is -2.99. The molecule has 7 nitrogen and oxygen atoms in total. The maximum absolute atomic E-state index is 11.7. The SMILES string of the molecule is COC(=O)c1cccc2oc(-c3ccc(S(=O)(=O)O)cc3)nc12. The van der Waals surface area contributed by atoms with E-state index in [1.807, 2.05) is 0 Å². The van der Waals surface area contributed by atoms with E-state index in [4.69, 9.17) is 13.7 Å². The minimum absolute atomic E-state index is 0.221. The second-order valence-corrected chi connectivity index (χ2v) is 6.08. The highest BCUT2D eigenvalue weighted by molar-refractivity contribution is 7.85. The van der Waals surface area contributed by atoms with E-state index in [0.29, 0.717) is 16.7 Å². The number of fused-ring (bicyclic) bond motifs is 1. The number of hydrogen-bond donors (Lipinski definition) is 1. The Morgan fingerprint density at radius 1 is 1.17 bits per heavy atom. The fourth-order valence-electron chi connectivity index (χ4n) is 2.12. The summed E-state index contributed by atoms with van der Waals surface area (Å²) < 4.78 is 41.3. The molecule has 0 aliphatic heterocycles. The normalized spacial score (nSPS) is 11.6. The van der Waals surface area contributed by atoms with Crippen molar-refractivity contribution in [2.75, 3.05) is 7.11 Å². The molecule has 0 aliphatic rings. The minimum Gasteiger partial charge on any atom is -0.465 e. The second kappa shape index (κ2) is 5.49. The molecule has 0 aliphatic carbocycles. The van der Waals surface area contributed by atoms with Crippen LogP contribution in [0.1, 0.15) is 10.4 Å². The highest BCUT2D eigenvalue weighted by Gasteiger charge is 2.17.